The fourth-order valence-electron chi connectivity index (χ4n) is 1.52. The lowest BCUT2D eigenvalue weighted by atomic mass is 10.1. The van der Waals surface area contributed by atoms with Crippen molar-refractivity contribution < 1.29 is 13.2 Å². The fraction of sp³-hybridized carbons (Fsp3) is 0.167. The molecule has 100 valence electrons. The van der Waals surface area contributed by atoms with E-state index in [1.54, 1.807) is 19.3 Å². The van der Waals surface area contributed by atoms with E-state index >= 15 is 0 Å². The second kappa shape index (κ2) is 5.32. The average Bonchev–Trinajstić information content (AvgIpc) is 2.38. The Hall–Kier alpha value is -1.38. The van der Waals surface area contributed by atoms with Crippen molar-refractivity contribution in [2.45, 2.75) is 6.18 Å². The van der Waals surface area contributed by atoms with E-state index in [2.05, 4.69) is 15.3 Å². The van der Waals surface area contributed by atoms with Crippen LogP contribution in [0.2, 0.25) is 0 Å². The van der Waals surface area contributed by atoms with Gasteiger partial charge in [0.1, 0.15) is 5.82 Å². The number of rotatable bonds is 2. The molecule has 0 saturated heterocycles. The molecule has 0 spiro atoms. The Morgan fingerprint density at radius 3 is 2.63 bits per heavy atom. The molecule has 3 nitrogen and oxygen atoms in total. The zero-order valence-electron chi connectivity index (χ0n) is 9.79. The van der Waals surface area contributed by atoms with Gasteiger partial charge >= 0.3 is 6.18 Å². The number of benzene rings is 1. The van der Waals surface area contributed by atoms with Gasteiger partial charge in [-0.05, 0) is 34.7 Å². The Kier molecular flexibility index (Phi) is 3.93. The summed E-state index contributed by atoms with van der Waals surface area (Å²) >= 11 is 2.05. The molecular weight excluding hydrogens is 370 g/mol. The monoisotopic (exact) mass is 379 g/mol. The van der Waals surface area contributed by atoms with E-state index in [1.807, 2.05) is 22.6 Å². The topological polar surface area (TPSA) is 37.8 Å². The molecule has 0 aliphatic heterocycles. The Bertz CT molecular complexity index is 599. The second-order valence-corrected chi connectivity index (χ2v) is 4.88. The van der Waals surface area contributed by atoms with Crippen LogP contribution in [-0.2, 0) is 6.18 Å². The van der Waals surface area contributed by atoms with Gasteiger partial charge in [-0.3, -0.25) is 0 Å². The van der Waals surface area contributed by atoms with Crippen molar-refractivity contribution in [3.05, 3.63) is 39.6 Å². The quantitative estimate of drug-likeness (QED) is 0.807. The molecule has 0 bridgehead atoms. The molecule has 0 saturated carbocycles. The molecule has 1 aromatic carbocycles. The average molecular weight is 379 g/mol. The summed E-state index contributed by atoms with van der Waals surface area (Å²) in [4.78, 5) is 8.24. The number of nitrogens with zero attached hydrogens (tertiary/aromatic N) is 2. The standard InChI is InChI=1S/C12H9F3IN3/c1-17-11-9(16)6-18-10(19-11)7-3-2-4-8(5-7)12(13,14)15/h2-6H,1H3,(H,17,18,19). The Labute approximate surface area is 121 Å². The predicted molar refractivity (Wildman–Crippen MR) is 74.7 cm³/mol. The van der Waals surface area contributed by atoms with Gasteiger partial charge in [0.2, 0.25) is 0 Å². The van der Waals surface area contributed by atoms with Crippen LogP contribution in [0.5, 0.6) is 0 Å². The maximum absolute atomic E-state index is 12.6. The molecule has 7 heteroatoms. The van der Waals surface area contributed by atoms with Gasteiger partial charge in [-0.2, -0.15) is 13.2 Å². The molecule has 0 unspecified atom stereocenters. The molecule has 19 heavy (non-hydrogen) atoms. The number of anilines is 1. The SMILES string of the molecule is CNc1nc(-c2cccc(C(F)(F)F)c2)ncc1I. The largest absolute Gasteiger partial charge is 0.416 e. The van der Waals surface area contributed by atoms with Crippen LogP contribution in [0.15, 0.2) is 30.5 Å². The molecule has 1 aromatic heterocycles. The summed E-state index contributed by atoms with van der Waals surface area (Å²) in [5, 5.41) is 2.87. The van der Waals surface area contributed by atoms with Gasteiger partial charge in [-0.25, -0.2) is 9.97 Å². The normalized spacial score (nSPS) is 11.4. The molecule has 2 rings (SSSR count). The van der Waals surface area contributed by atoms with Gasteiger partial charge in [0.15, 0.2) is 5.82 Å². The minimum absolute atomic E-state index is 0.260. The molecule has 0 fully saturated rings. The van der Waals surface area contributed by atoms with Crippen molar-refractivity contribution in [1.82, 2.24) is 9.97 Å². The fourth-order valence-corrected chi connectivity index (χ4v) is 2.05. The van der Waals surface area contributed by atoms with E-state index in [0.29, 0.717) is 11.4 Å². The molecule has 2 aromatic rings. The van der Waals surface area contributed by atoms with E-state index in [4.69, 9.17) is 0 Å². The maximum Gasteiger partial charge on any atom is 0.416 e. The highest BCUT2D eigenvalue weighted by atomic mass is 127. The van der Waals surface area contributed by atoms with Gasteiger partial charge in [-0.1, -0.05) is 12.1 Å². The smallest absolute Gasteiger partial charge is 0.372 e. The van der Waals surface area contributed by atoms with Crippen molar-refractivity contribution in [2.75, 3.05) is 12.4 Å². The zero-order valence-corrected chi connectivity index (χ0v) is 12.0. The van der Waals surface area contributed by atoms with E-state index < -0.39 is 11.7 Å². The lowest BCUT2D eigenvalue weighted by Gasteiger charge is -2.09. The Morgan fingerprint density at radius 2 is 2.00 bits per heavy atom. The summed E-state index contributed by atoms with van der Waals surface area (Å²) in [7, 11) is 1.69. The van der Waals surface area contributed by atoms with Crippen LogP contribution in [0.25, 0.3) is 11.4 Å². The van der Waals surface area contributed by atoms with Crippen molar-refractivity contribution in [2.24, 2.45) is 0 Å². The summed E-state index contributed by atoms with van der Waals surface area (Å²) < 4.78 is 38.7. The number of alkyl halides is 3. The molecule has 1 N–H and O–H groups in total. The van der Waals surface area contributed by atoms with Crippen LogP contribution >= 0.6 is 22.6 Å². The lowest BCUT2D eigenvalue weighted by molar-refractivity contribution is -0.137. The van der Waals surface area contributed by atoms with Crippen LogP contribution in [0, 0.1) is 3.57 Å². The van der Waals surface area contributed by atoms with Crippen molar-refractivity contribution >= 4 is 28.4 Å². The molecule has 0 radical (unpaired) electrons. The van der Waals surface area contributed by atoms with Crippen LogP contribution in [-0.4, -0.2) is 17.0 Å². The number of aromatic nitrogens is 2. The third-order valence-corrected chi connectivity index (χ3v) is 3.22. The highest BCUT2D eigenvalue weighted by molar-refractivity contribution is 14.1. The third kappa shape index (κ3) is 3.14. The van der Waals surface area contributed by atoms with Crippen molar-refractivity contribution in [3.8, 4) is 11.4 Å². The molecule has 0 atom stereocenters. The molecule has 0 aliphatic carbocycles. The molecular formula is C12H9F3IN3. The zero-order chi connectivity index (χ0) is 14.0. The van der Waals surface area contributed by atoms with Gasteiger partial charge in [0, 0.05) is 18.8 Å². The van der Waals surface area contributed by atoms with Crippen molar-refractivity contribution in [1.29, 1.82) is 0 Å². The number of halogens is 4. The highest BCUT2D eigenvalue weighted by Gasteiger charge is 2.30. The first-order valence-electron chi connectivity index (χ1n) is 5.29. The van der Waals surface area contributed by atoms with Crippen LogP contribution < -0.4 is 5.32 Å². The molecule has 0 amide bonds. The van der Waals surface area contributed by atoms with E-state index in [-0.39, 0.29) is 5.82 Å². The predicted octanol–water partition coefficient (Wildman–Crippen LogP) is 3.81. The first-order valence-corrected chi connectivity index (χ1v) is 6.37. The summed E-state index contributed by atoms with van der Waals surface area (Å²) in [6, 6.07) is 4.96. The summed E-state index contributed by atoms with van der Waals surface area (Å²) in [6.45, 7) is 0. The number of nitrogens with one attached hydrogen (secondary N) is 1. The van der Waals surface area contributed by atoms with Crippen LogP contribution in [0.1, 0.15) is 5.56 Å². The Balaban J connectivity index is 2.47. The maximum atomic E-state index is 12.6. The molecule has 0 aliphatic rings. The lowest BCUT2D eigenvalue weighted by Crippen LogP contribution is -2.05. The van der Waals surface area contributed by atoms with Crippen molar-refractivity contribution in [3.63, 3.8) is 0 Å². The minimum Gasteiger partial charge on any atom is -0.372 e. The summed E-state index contributed by atoms with van der Waals surface area (Å²) in [6.07, 6.45) is -2.81. The second-order valence-electron chi connectivity index (χ2n) is 3.72. The van der Waals surface area contributed by atoms with Crippen LogP contribution in [0.3, 0.4) is 0 Å². The summed E-state index contributed by atoms with van der Waals surface area (Å²) in [5.74, 6) is 0.846. The molecule has 1 heterocycles. The highest BCUT2D eigenvalue weighted by Crippen LogP contribution is 2.31. The van der Waals surface area contributed by atoms with Gasteiger partial charge in [0.05, 0.1) is 9.13 Å². The van der Waals surface area contributed by atoms with E-state index in [9.17, 15) is 13.2 Å². The van der Waals surface area contributed by atoms with E-state index in [1.165, 1.54) is 6.07 Å². The summed E-state index contributed by atoms with van der Waals surface area (Å²) in [5.41, 5.74) is -0.374. The minimum atomic E-state index is -4.37. The number of hydrogen-bond acceptors (Lipinski definition) is 3. The third-order valence-electron chi connectivity index (χ3n) is 2.43. The Morgan fingerprint density at radius 1 is 1.26 bits per heavy atom. The first kappa shape index (κ1) is 14.0. The van der Waals surface area contributed by atoms with Gasteiger partial charge < -0.3 is 5.32 Å². The van der Waals surface area contributed by atoms with E-state index in [0.717, 1.165) is 15.7 Å². The number of hydrogen-bond donors (Lipinski definition) is 1. The first-order chi connectivity index (χ1) is 8.91. The van der Waals surface area contributed by atoms with Gasteiger partial charge in [-0.15, -0.1) is 0 Å². The van der Waals surface area contributed by atoms with Gasteiger partial charge in [0.25, 0.3) is 0 Å². The van der Waals surface area contributed by atoms with Crippen LogP contribution in [0.4, 0.5) is 19.0 Å².